The standard InChI is InChI=1S/C13H26N2O3/c1-10-8-15(9-11(2)18-10)7-6-13(3,14-4)12(16)17-5/h10-11,14H,6-9H2,1-5H3. The Labute approximate surface area is 110 Å². The van der Waals surface area contributed by atoms with Crippen LogP contribution in [0.25, 0.3) is 0 Å². The van der Waals surface area contributed by atoms with E-state index in [1.807, 2.05) is 6.92 Å². The fourth-order valence-corrected chi connectivity index (χ4v) is 2.40. The molecule has 0 radical (unpaired) electrons. The number of rotatable bonds is 5. The first-order valence-corrected chi connectivity index (χ1v) is 6.56. The summed E-state index contributed by atoms with van der Waals surface area (Å²) in [7, 11) is 3.22. The first kappa shape index (κ1) is 15.4. The molecule has 1 rings (SSSR count). The maximum atomic E-state index is 11.7. The summed E-state index contributed by atoms with van der Waals surface area (Å²) in [6.07, 6.45) is 1.25. The smallest absolute Gasteiger partial charge is 0.325 e. The number of carbonyl (C=O) groups excluding carboxylic acids is 1. The van der Waals surface area contributed by atoms with Crippen molar-refractivity contribution in [1.82, 2.24) is 10.2 Å². The van der Waals surface area contributed by atoms with Gasteiger partial charge in [-0.3, -0.25) is 9.69 Å². The number of nitrogens with zero attached hydrogens (tertiary/aromatic N) is 1. The molecule has 1 aliphatic rings. The average Bonchev–Trinajstić information content (AvgIpc) is 2.33. The molecule has 1 heterocycles. The highest BCUT2D eigenvalue weighted by Gasteiger charge is 2.33. The number of morpholine rings is 1. The van der Waals surface area contributed by atoms with E-state index in [0.29, 0.717) is 0 Å². The summed E-state index contributed by atoms with van der Waals surface area (Å²) in [6.45, 7) is 8.76. The quantitative estimate of drug-likeness (QED) is 0.733. The van der Waals surface area contributed by atoms with Crippen LogP contribution in [0.2, 0.25) is 0 Å². The van der Waals surface area contributed by atoms with Gasteiger partial charge in [-0.15, -0.1) is 0 Å². The minimum absolute atomic E-state index is 0.209. The van der Waals surface area contributed by atoms with Gasteiger partial charge in [0, 0.05) is 19.6 Å². The summed E-state index contributed by atoms with van der Waals surface area (Å²) in [5.74, 6) is -0.209. The predicted octanol–water partition coefficient (Wildman–Crippen LogP) is 0.637. The molecule has 106 valence electrons. The maximum Gasteiger partial charge on any atom is 0.325 e. The van der Waals surface area contributed by atoms with Gasteiger partial charge in [-0.2, -0.15) is 0 Å². The molecule has 0 bridgehead atoms. The molecule has 3 atom stereocenters. The summed E-state index contributed by atoms with van der Waals surface area (Å²) in [4.78, 5) is 14.1. The van der Waals surface area contributed by atoms with E-state index in [2.05, 4.69) is 24.1 Å². The van der Waals surface area contributed by atoms with Gasteiger partial charge in [-0.05, 0) is 34.2 Å². The fourth-order valence-electron chi connectivity index (χ4n) is 2.40. The van der Waals surface area contributed by atoms with E-state index >= 15 is 0 Å². The molecule has 1 saturated heterocycles. The van der Waals surface area contributed by atoms with Gasteiger partial charge in [0.05, 0.1) is 19.3 Å². The van der Waals surface area contributed by atoms with Crippen molar-refractivity contribution in [3.8, 4) is 0 Å². The van der Waals surface area contributed by atoms with Crippen molar-refractivity contribution >= 4 is 5.97 Å². The second-order valence-corrected chi connectivity index (χ2v) is 5.34. The molecule has 0 saturated carbocycles. The van der Waals surface area contributed by atoms with Gasteiger partial charge in [0.2, 0.25) is 0 Å². The van der Waals surface area contributed by atoms with Crippen LogP contribution in [0.4, 0.5) is 0 Å². The van der Waals surface area contributed by atoms with Crippen molar-refractivity contribution in [3.63, 3.8) is 0 Å². The lowest BCUT2D eigenvalue weighted by Crippen LogP contribution is -2.52. The highest BCUT2D eigenvalue weighted by atomic mass is 16.5. The molecular weight excluding hydrogens is 232 g/mol. The van der Waals surface area contributed by atoms with Crippen LogP contribution >= 0.6 is 0 Å². The lowest BCUT2D eigenvalue weighted by atomic mass is 9.97. The van der Waals surface area contributed by atoms with Gasteiger partial charge in [-0.25, -0.2) is 0 Å². The van der Waals surface area contributed by atoms with E-state index in [-0.39, 0.29) is 18.2 Å². The molecule has 18 heavy (non-hydrogen) atoms. The Hall–Kier alpha value is -0.650. The molecule has 1 aliphatic heterocycles. The number of hydrogen-bond acceptors (Lipinski definition) is 5. The minimum atomic E-state index is -0.612. The Morgan fingerprint density at radius 1 is 1.44 bits per heavy atom. The predicted molar refractivity (Wildman–Crippen MR) is 70.5 cm³/mol. The third-order valence-corrected chi connectivity index (χ3v) is 3.61. The molecule has 0 aromatic heterocycles. The Balaban J connectivity index is 2.50. The third-order valence-electron chi connectivity index (χ3n) is 3.61. The van der Waals surface area contributed by atoms with E-state index < -0.39 is 5.54 Å². The summed E-state index contributed by atoms with van der Waals surface area (Å²) >= 11 is 0. The molecule has 0 amide bonds. The number of methoxy groups -OCH3 is 1. The maximum absolute atomic E-state index is 11.7. The molecule has 1 N–H and O–H groups in total. The summed E-state index contributed by atoms with van der Waals surface area (Å²) in [5, 5.41) is 3.06. The van der Waals surface area contributed by atoms with Crippen molar-refractivity contribution in [3.05, 3.63) is 0 Å². The van der Waals surface area contributed by atoms with Crippen LogP contribution in [0.1, 0.15) is 27.2 Å². The van der Waals surface area contributed by atoms with Gasteiger partial charge in [0.25, 0.3) is 0 Å². The normalized spacial score (nSPS) is 28.7. The molecular formula is C13H26N2O3. The van der Waals surface area contributed by atoms with Crippen LogP contribution in [0.3, 0.4) is 0 Å². The molecule has 0 aromatic carbocycles. The number of esters is 1. The molecule has 1 fully saturated rings. The van der Waals surface area contributed by atoms with E-state index in [4.69, 9.17) is 9.47 Å². The van der Waals surface area contributed by atoms with Crippen LogP contribution in [0, 0.1) is 0 Å². The van der Waals surface area contributed by atoms with E-state index in [1.54, 1.807) is 7.05 Å². The third kappa shape index (κ3) is 3.93. The number of likely N-dealkylation sites (N-methyl/N-ethyl adjacent to an activating group) is 1. The van der Waals surface area contributed by atoms with Crippen molar-refractivity contribution in [2.24, 2.45) is 0 Å². The van der Waals surface area contributed by atoms with Crippen molar-refractivity contribution < 1.29 is 14.3 Å². The monoisotopic (exact) mass is 258 g/mol. The molecule has 5 heteroatoms. The van der Waals surface area contributed by atoms with Gasteiger partial charge in [0.15, 0.2) is 0 Å². The highest BCUT2D eigenvalue weighted by molar-refractivity contribution is 5.80. The second kappa shape index (κ2) is 6.50. The van der Waals surface area contributed by atoms with Crippen LogP contribution in [-0.2, 0) is 14.3 Å². The SMILES string of the molecule is CNC(C)(CCN1CC(C)OC(C)C1)C(=O)OC. The van der Waals surface area contributed by atoms with Crippen molar-refractivity contribution in [2.45, 2.75) is 44.9 Å². The van der Waals surface area contributed by atoms with E-state index in [0.717, 1.165) is 26.1 Å². The second-order valence-electron chi connectivity index (χ2n) is 5.34. The molecule has 0 aromatic rings. The van der Waals surface area contributed by atoms with Crippen LogP contribution < -0.4 is 5.32 Å². The average molecular weight is 258 g/mol. The lowest BCUT2D eigenvalue weighted by Gasteiger charge is -2.37. The molecule has 0 spiro atoms. The van der Waals surface area contributed by atoms with Gasteiger partial charge >= 0.3 is 5.97 Å². The first-order valence-electron chi connectivity index (χ1n) is 6.56. The van der Waals surface area contributed by atoms with Gasteiger partial charge in [-0.1, -0.05) is 0 Å². The van der Waals surface area contributed by atoms with Crippen molar-refractivity contribution in [1.29, 1.82) is 0 Å². The van der Waals surface area contributed by atoms with Gasteiger partial charge in [0.1, 0.15) is 5.54 Å². The number of ether oxygens (including phenoxy) is 2. The molecule has 3 unspecified atom stereocenters. The zero-order chi connectivity index (χ0) is 13.8. The van der Waals surface area contributed by atoms with Gasteiger partial charge < -0.3 is 14.8 Å². The Morgan fingerprint density at radius 3 is 2.44 bits per heavy atom. The first-order chi connectivity index (χ1) is 8.41. The van der Waals surface area contributed by atoms with Crippen LogP contribution in [-0.4, -0.2) is 62.4 Å². The Bertz CT molecular complexity index is 275. The minimum Gasteiger partial charge on any atom is -0.468 e. The summed E-state index contributed by atoms with van der Waals surface area (Å²) in [5.41, 5.74) is -0.612. The number of carbonyl (C=O) groups is 1. The molecule has 0 aliphatic carbocycles. The number of nitrogens with one attached hydrogen (secondary N) is 1. The lowest BCUT2D eigenvalue weighted by molar-refractivity contribution is -0.148. The largest absolute Gasteiger partial charge is 0.468 e. The topological polar surface area (TPSA) is 50.8 Å². The van der Waals surface area contributed by atoms with E-state index in [9.17, 15) is 4.79 Å². The van der Waals surface area contributed by atoms with Crippen molar-refractivity contribution in [2.75, 3.05) is 33.8 Å². The summed E-state index contributed by atoms with van der Waals surface area (Å²) in [6, 6.07) is 0. The fraction of sp³-hybridized carbons (Fsp3) is 0.923. The molecule has 5 nitrogen and oxygen atoms in total. The zero-order valence-electron chi connectivity index (χ0n) is 12.2. The number of hydrogen-bond donors (Lipinski definition) is 1. The van der Waals surface area contributed by atoms with Crippen LogP contribution in [0.15, 0.2) is 0 Å². The Morgan fingerprint density at radius 2 is 2.00 bits per heavy atom. The highest BCUT2D eigenvalue weighted by Crippen LogP contribution is 2.16. The Kier molecular flexibility index (Phi) is 5.56. The summed E-state index contributed by atoms with van der Waals surface area (Å²) < 4.78 is 10.5. The van der Waals surface area contributed by atoms with E-state index in [1.165, 1.54) is 7.11 Å². The zero-order valence-corrected chi connectivity index (χ0v) is 12.2. The van der Waals surface area contributed by atoms with Crippen LogP contribution in [0.5, 0.6) is 0 Å².